The van der Waals surface area contributed by atoms with Gasteiger partial charge in [-0.05, 0) is 56.7 Å². The fourth-order valence-electron chi connectivity index (χ4n) is 3.34. The summed E-state index contributed by atoms with van der Waals surface area (Å²) in [5, 5.41) is 0. The minimum atomic E-state index is -1.02. The van der Waals surface area contributed by atoms with Gasteiger partial charge < -0.3 is 9.47 Å². The molecule has 0 aromatic heterocycles. The van der Waals surface area contributed by atoms with Crippen LogP contribution in [0.1, 0.15) is 31.1 Å². The Bertz CT molecular complexity index is 1150. The number of esters is 1. The molecule has 0 aliphatic heterocycles. The Morgan fingerprint density at radius 1 is 0.909 bits per heavy atom. The van der Waals surface area contributed by atoms with Crippen LogP contribution in [0.4, 0.5) is 14.5 Å². The first kappa shape index (κ1) is 23.9. The molecule has 0 bridgehead atoms. The molecule has 0 radical (unpaired) electrons. The summed E-state index contributed by atoms with van der Waals surface area (Å²) in [6.07, 6.45) is 0. The molecule has 0 aliphatic rings. The number of hydrogen-bond donors (Lipinski definition) is 0. The first-order valence-corrected chi connectivity index (χ1v) is 10.3. The lowest BCUT2D eigenvalue weighted by Gasteiger charge is -2.26. The molecule has 0 aliphatic carbocycles. The van der Waals surface area contributed by atoms with Crippen molar-refractivity contribution in [2.75, 3.05) is 18.6 Å². The number of benzene rings is 3. The lowest BCUT2D eigenvalue weighted by molar-refractivity contribution is -0.152. The van der Waals surface area contributed by atoms with Gasteiger partial charge in [-0.2, -0.15) is 0 Å². The van der Waals surface area contributed by atoms with Crippen LogP contribution in [0.2, 0.25) is 0 Å². The zero-order valence-electron chi connectivity index (χ0n) is 18.9. The summed E-state index contributed by atoms with van der Waals surface area (Å²) in [6, 6.07) is 17.2. The summed E-state index contributed by atoms with van der Waals surface area (Å²) < 4.78 is 39.6. The van der Waals surface area contributed by atoms with Gasteiger partial charge in [-0.25, -0.2) is 8.78 Å². The van der Waals surface area contributed by atoms with Crippen LogP contribution >= 0.6 is 0 Å². The maximum Gasteiger partial charge on any atom is 0.326 e. The topological polar surface area (TPSA) is 55.8 Å². The highest BCUT2D eigenvalue weighted by Gasteiger charge is 2.28. The Kier molecular flexibility index (Phi) is 7.11. The maximum atomic E-state index is 14.4. The molecule has 0 heterocycles. The van der Waals surface area contributed by atoms with Crippen molar-refractivity contribution in [3.8, 4) is 16.9 Å². The molecule has 0 atom stereocenters. The molecule has 7 heteroatoms. The number of carbonyl (C=O) groups is 2. The van der Waals surface area contributed by atoms with Gasteiger partial charge in [0.05, 0.1) is 7.11 Å². The molecule has 1 amide bonds. The molecule has 5 nitrogen and oxygen atoms in total. The Balaban J connectivity index is 2.08. The second-order valence-corrected chi connectivity index (χ2v) is 8.33. The zero-order valence-corrected chi connectivity index (χ0v) is 18.9. The number of halogens is 2. The van der Waals surface area contributed by atoms with Crippen LogP contribution in [0.15, 0.2) is 66.7 Å². The van der Waals surface area contributed by atoms with Gasteiger partial charge in [0, 0.05) is 11.3 Å². The van der Waals surface area contributed by atoms with Crippen LogP contribution in [0.25, 0.3) is 11.1 Å². The van der Waals surface area contributed by atoms with Crippen molar-refractivity contribution in [3.05, 3.63) is 83.9 Å². The van der Waals surface area contributed by atoms with E-state index in [1.165, 1.54) is 6.07 Å². The lowest BCUT2D eigenvalue weighted by atomic mass is 10.0. The Morgan fingerprint density at radius 2 is 1.55 bits per heavy atom. The number of carbonyl (C=O) groups excluding carboxylic acids is 2. The van der Waals surface area contributed by atoms with Crippen molar-refractivity contribution in [2.24, 2.45) is 0 Å². The van der Waals surface area contributed by atoms with Gasteiger partial charge in [-0.15, -0.1) is 0 Å². The predicted molar refractivity (Wildman–Crippen MR) is 122 cm³/mol. The number of amides is 1. The maximum absolute atomic E-state index is 14.4. The molecule has 0 N–H and O–H groups in total. The molecule has 172 valence electrons. The highest BCUT2D eigenvalue weighted by Crippen LogP contribution is 2.32. The van der Waals surface area contributed by atoms with Gasteiger partial charge in [0.1, 0.15) is 35.1 Å². The van der Waals surface area contributed by atoms with Crippen molar-refractivity contribution in [3.63, 3.8) is 0 Å². The third kappa shape index (κ3) is 5.74. The Labute approximate surface area is 191 Å². The predicted octanol–water partition coefficient (Wildman–Crippen LogP) is 5.63. The van der Waals surface area contributed by atoms with E-state index in [1.807, 2.05) is 18.2 Å². The van der Waals surface area contributed by atoms with Crippen LogP contribution in [-0.2, 0) is 9.53 Å². The monoisotopic (exact) mass is 453 g/mol. The summed E-state index contributed by atoms with van der Waals surface area (Å²) in [4.78, 5) is 26.9. The molecule has 3 aromatic carbocycles. The fourth-order valence-corrected chi connectivity index (χ4v) is 3.34. The standard InChI is InChI=1S/C26H25F2NO4/c1-26(2,3)33-23(30)16-29(25(31)24-20(27)12-8-13-21(24)28)18-10-7-9-17(15-18)19-11-5-6-14-22(19)32-4/h5-15H,16H2,1-4H3. The van der Waals surface area contributed by atoms with Crippen LogP contribution in [0.3, 0.4) is 0 Å². The smallest absolute Gasteiger partial charge is 0.326 e. The van der Waals surface area contributed by atoms with Crippen molar-refractivity contribution in [2.45, 2.75) is 26.4 Å². The lowest BCUT2D eigenvalue weighted by Crippen LogP contribution is -2.39. The van der Waals surface area contributed by atoms with Crippen LogP contribution in [-0.4, -0.2) is 31.1 Å². The molecule has 0 spiro atoms. The van der Waals surface area contributed by atoms with Crippen molar-refractivity contribution >= 4 is 17.6 Å². The second kappa shape index (κ2) is 9.81. The van der Waals surface area contributed by atoms with E-state index in [0.29, 0.717) is 11.3 Å². The summed E-state index contributed by atoms with van der Waals surface area (Å²) >= 11 is 0. The number of anilines is 1. The summed E-state index contributed by atoms with van der Waals surface area (Å²) in [5.41, 5.74) is 0.180. The third-order valence-corrected chi connectivity index (χ3v) is 4.70. The summed E-state index contributed by atoms with van der Waals surface area (Å²) in [6.45, 7) is 4.54. The van der Waals surface area contributed by atoms with Gasteiger partial charge in [-0.1, -0.05) is 36.4 Å². The molecular formula is C26H25F2NO4. The highest BCUT2D eigenvalue weighted by molar-refractivity contribution is 6.09. The van der Waals surface area contributed by atoms with E-state index in [1.54, 1.807) is 58.2 Å². The number of ether oxygens (including phenoxy) is 2. The Morgan fingerprint density at radius 3 is 2.18 bits per heavy atom. The van der Waals surface area contributed by atoms with Gasteiger partial charge in [0.2, 0.25) is 0 Å². The van der Waals surface area contributed by atoms with E-state index >= 15 is 0 Å². The number of hydrogen-bond acceptors (Lipinski definition) is 4. The molecule has 3 rings (SSSR count). The summed E-state index contributed by atoms with van der Waals surface area (Å²) in [5.74, 6) is -3.13. The SMILES string of the molecule is COc1ccccc1-c1cccc(N(CC(=O)OC(C)(C)C)C(=O)c2c(F)cccc2F)c1. The van der Waals surface area contributed by atoms with E-state index in [4.69, 9.17) is 9.47 Å². The molecule has 0 saturated heterocycles. The minimum Gasteiger partial charge on any atom is -0.496 e. The molecule has 33 heavy (non-hydrogen) atoms. The van der Waals surface area contributed by atoms with E-state index in [-0.39, 0.29) is 5.69 Å². The first-order chi connectivity index (χ1) is 15.6. The minimum absolute atomic E-state index is 0.275. The van der Waals surface area contributed by atoms with Crippen molar-refractivity contribution in [1.29, 1.82) is 0 Å². The van der Waals surface area contributed by atoms with Crippen molar-refractivity contribution in [1.82, 2.24) is 0 Å². The van der Waals surface area contributed by atoms with E-state index < -0.39 is 41.2 Å². The largest absolute Gasteiger partial charge is 0.496 e. The van der Waals surface area contributed by atoms with Gasteiger partial charge in [0.25, 0.3) is 5.91 Å². The van der Waals surface area contributed by atoms with Gasteiger partial charge in [0.15, 0.2) is 0 Å². The average Bonchev–Trinajstić information content (AvgIpc) is 2.76. The Hall–Kier alpha value is -3.74. The fraction of sp³-hybridized carbons (Fsp3) is 0.231. The molecule has 0 unspecified atom stereocenters. The average molecular weight is 453 g/mol. The van der Waals surface area contributed by atoms with Gasteiger partial charge in [-0.3, -0.25) is 14.5 Å². The van der Waals surface area contributed by atoms with E-state index in [2.05, 4.69) is 0 Å². The van der Waals surface area contributed by atoms with Crippen LogP contribution < -0.4 is 9.64 Å². The molecule has 0 saturated carbocycles. The molecule has 0 fully saturated rings. The quantitative estimate of drug-likeness (QED) is 0.454. The van der Waals surface area contributed by atoms with E-state index in [9.17, 15) is 18.4 Å². The molecule has 3 aromatic rings. The normalized spacial score (nSPS) is 11.1. The number of rotatable bonds is 6. The summed E-state index contributed by atoms with van der Waals surface area (Å²) in [7, 11) is 1.54. The zero-order chi connectivity index (χ0) is 24.2. The second-order valence-electron chi connectivity index (χ2n) is 8.33. The first-order valence-electron chi connectivity index (χ1n) is 10.3. The van der Waals surface area contributed by atoms with Crippen LogP contribution in [0.5, 0.6) is 5.75 Å². The van der Waals surface area contributed by atoms with Crippen LogP contribution in [0, 0.1) is 11.6 Å². The highest BCUT2D eigenvalue weighted by atomic mass is 19.1. The number of para-hydroxylation sites is 1. The number of nitrogens with zero attached hydrogens (tertiary/aromatic N) is 1. The third-order valence-electron chi connectivity index (χ3n) is 4.70. The van der Waals surface area contributed by atoms with Crippen molar-refractivity contribution < 1.29 is 27.8 Å². The molecular weight excluding hydrogens is 428 g/mol. The number of methoxy groups -OCH3 is 1. The van der Waals surface area contributed by atoms with E-state index in [0.717, 1.165) is 22.6 Å². The van der Waals surface area contributed by atoms with Gasteiger partial charge >= 0.3 is 5.97 Å².